The number of methoxy groups -OCH3 is 1. The number of aliphatic hydroxyl groups is 1. The minimum Gasteiger partial charge on any atom is -0.493 e. The fourth-order valence-electron chi connectivity index (χ4n) is 4.77. The van der Waals surface area contributed by atoms with Crippen molar-refractivity contribution in [2.75, 3.05) is 25.2 Å². The topological polar surface area (TPSA) is 126 Å². The molecule has 10 heteroatoms. The average molecular weight is 499 g/mol. The van der Waals surface area contributed by atoms with Crippen LogP contribution in [-0.4, -0.2) is 65.6 Å². The highest BCUT2D eigenvalue weighted by Gasteiger charge is 2.43. The first-order chi connectivity index (χ1) is 17.3. The third-order valence-electron chi connectivity index (χ3n) is 6.44. The Labute approximate surface area is 209 Å². The molecule has 2 heterocycles. The van der Waals surface area contributed by atoms with Crippen molar-refractivity contribution in [3.63, 3.8) is 0 Å². The van der Waals surface area contributed by atoms with E-state index in [2.05, 4.69) is 0 Å². The van der Waals surface area contributed by atoms with Gasteiger partial charge in [-0.25, -0.2) is 9.69 Å². The molecule has 192 valence electrons. The van der Waals surface area contributed by atoms with Crippen molar-refractivity contribution in [2.24, 2.45) is 0 Å². The van der Waals surface area contributed by atoms with Crippen molar-refractivity contribution in [3.8, 4) is 11.5 Å². The summed E-state index contributed by atoms with van der Waals surface area (Å²) >= 11 is 0. The predicted octanol–water partition coefficient (Wildman–Crippen LogP) is 3.19. The van der Waals surface area contributed by atoms with E-state index in [1.807, 2.05) is 18.2 Å². The van der Waals surface area contributed by atoms with E-state index in [4.69, 9.17) is 14.2 Å². The summed E-state index contributed by atoms with van der Waals surface area (Å²) in [6, 6.07) is 9.52. The molecule has 0 saturated carbocycles. The van der Waals surface area contributed by atoms with Gasteiger partial charge in [0.05, 0.1) is 37.4 Å². The van der Waals surface area contributed by atoms with Gasteiger partial charge in [0.1, 0.15) is 6.61 Å². The summed E-state index contributed by atoms with van der Waals surface area (Å²) in [5, 5.41) is 20.9. The van der Waals surface area contributed by atoms with Crippen LogP contribution in [0.15, 0.2) is 36.4 Å². The quantitative estimate of drug-likeness (QED) is 0.558. The number of carbonyl (C=O) groups is 3. The average Bonchev–Trinajstić information content (AvgIpc) is 2.95. The zero-order valence-electron chi connectivity index (χ0n) is 20.3. The Hall–Kier alpha value is -3.79. The molecule has 1 saturated heterocycles. The maximum absolute atomic E-state index is 13.4. The number of nitrogens with zero attached hydrogens (tertiary/aromatic N) is 2. The van der Waals surface area contributed by atoms with E-state index in [1.165, 1.54) is 19.2 Å². The molecule has 1 unspecified atom stereocenters. The molecule has 2 aliphatic heterocycles. The normalized spacial score (nSPS) is 19.1. The summed E-state index contributed by atoms with van der Waals surface area (Å²) in [7, 11) is 1.43. The van der Waals surface area contributed by atoms with E-state index in [9.17, 15) is 24.6 Å². The second kappa shape index (κ2) is 10.9. The largest absolute Gasteiger partial charge is 0.493 e. The van der Waals surface area contributed by atoms with Crippen LogP contribution >= 0.6 is 0 Å². The maximum atomic E-state index is 13.4. The van der Waals surface area contributed by atoms with Crippen LogP contribution in [0, 0.1) is 0 Å². The number of esters is 1. The smallest absolute Gasteiger partial charge is 0.414 e. The molecule has 1 fully saturated rings. The number of rotatable bonds is 7. The molecule has 2 N–H and O–H groups in total. The molecule has 0 aromatic heterocycles. The lowest BCUT2D eigenvalue weighted by Crippen LogP contribution is -2.54. The zero-order chi connectivity index (χ0) is 25.8. The molecule has 10 nitrogen and oxygen atoms in total. The number of fused-ring (bicyclic) bond motifs is 2. The molecule has 0 bridgehead atoms. The van der Waals surface area contributed by atoms with Crippen LogP contribution in [-0.2, 0) is 22.6 Å². The van der Waals surface area contributed by atoms with Crippen molar-refractivity contribution in [1.29, 1.82) is 0 Å². The number of hydrogen-bond acceptors (Lipinski definition) is 7. The highest BCUT2D eigenvalue weighted by molar-refractivity contribution is 6.05. The summed E-state index contributed by atoms with van der Waals surface area (Å²) in [6.45, 7) is 2.60. The first-order valence-electron chi connectivity index (χ1n) is 11.9. The van der Waals surface area contributed by atoms with Gasteiger partial charge in [-0.1, -0.05) is 24.3 Å². The van der Waals surface area contributed by atoms with Crippen LogP contribution in [0.3, 0.4) is 0 Å². The van der Waals surface area contributed by atoms with Gasteiger partial charge in [0, 0.05) is 12.6 Å². The number of amides is 2. The van der Waals surface area contributed by atoms with E-state index in [1.54, 1.807) is 17.9 Å². The molecule has 2 atom stereocenters. The van der Waals surface area contributed by atoms with Crippen LogP contribution in [0.25, 0.3) is 0 Å². The Bertz CT molecular complexity index is 1150. The molecular weight excluding hydrogens is 468 g/mol. The Morgan fingerprint density at radius 2 is 1.89 bits per heavy atom. The molecule has 0 radical (unpaired) electrons. The number of piperidine rings is 1. The fraction of sp³-hybridized carbons (Fsp3) is 0.423. The predicted molar refractivity (Wildman–Crippen MR) is 129 cm³/mol. The highest BCUT2D eigenvalue weighted by Crippen LogP contribution is 2.41. The number of hydrogen-bond donors (Lipinski definition) is 2. The second-order valence-corrected chi connectivity index (χ2v) is 8.74. The summed E-state index contributed by atoms with van der Waals surface area (Å²) in [5.74, 6) is -0.191. The molecule has 2 amide bonds. The number of carboxylic acid groups (broad SMARTS) is 1. The summed E-state index contributed by atoms with van der Waals surface area (Å²) in [5.41, 5.74) is 1.71. The summed E-state index contributed by atoms with van der Waals surface area (Å²) in [6.07, 6.45) is -0.559. The highest BCUT2D eigenvalue weighted by atomic mass is 16.5. The first kappa shape index (κ1) is 25.3. The lowest BCUT2D eigenvalue weighted by Gasteiger charge is -2.38. The van der Waals surface area contributed by atoms with E-state index < -0.39 is 18.4 Å². The van der Waals surface area contributed by atoms with Gasteiger partial charge in [0.25, 0.3) is 5.91 Å². The third kappa shape index (κ3) is 5.08. The van der Waals surface area contributed by atoms with Crippen LogP contribution in [0.2, 0.25) is 0 Å². The van der Waals surface area contributed by atoms with Crippen LogP contribution in [0.4, 0.5) is 10.5 Å². The van der Waals surface area contributed by atoms with Crippen molar-refractivity contribution >= 4 is 23.7 Å². The van der Waals surface area contributed by atoms with Gasteiger partial charge in [-0.05, 0) is 43.4 Å². The Morgan fingerprint density at radius 3 is 2.61 bits per heavy atom. The lowest BCUT2D eigenvalue weighted by molar-refractivity contribution is -0.142. The molecule has 4 rings (SSSR count). The number of carbonyl (C=O) groups excluding carboxylic acids is 2. The number of ether oxygens (including phenoxy) is 3. The van der Waals surface area contributed by atoms with Crippen LogP contribution in [0.1, 0.15) is 47.7 Å². The minimum atomic E-state index is -1.41. The van der Waals surface area contributed by atoms with E-state index >= 15 is 0 Å². The van der Waals surface area contributed by atoms with E-state index in [0.29, 0.717) is 19.6 Å². The third-order valence-corrected chi connectivity index (χ3v) is 6.44. The van der Waals surface area contributed by atoms with Gasteiger partial charge in [-0.15, -0.1) is 0 Å². The summed E-state index contributed by atoms with van der Waals surface area (Å²) < 4.78 is 16.4. The first-order valence-corrected chi connectivity index (χ1v) is 11.9. The van der Waals surface area contributed by atoms with Crippen molar-refractivity contribution in [3.05, 3.63) is 53.1 Å². The Kier molecular flexibility index (Phi) is 7.64. The minimum absolute atomic E-state index is 0.0428. The van der Waals surface area contributed by atoms with Gasteiger partial charge in [-0.2, -0.15) is 0 Å². The number of anilines is 1. The lowest BCUT2D eigenvalue weighted by atomic mass is 10.0. The molecular formula is C26H30N2O8. The van der Waals surface area contributed by atoms with Crippen LogP contribution < -0.4 is 14.4 Å². The van der Waals surface area contributed by atoms with Gasteiger partial charge in [0.15, 0.2) is 17.7 Å². The van der Waals surface area contributed by atoms with Crippen LogP contribution in [0.5, 0.6) is 11.5 Å². The standard InChI is InChI=1S/C26H30N2O8/c1-3-35-23(29)12-16-7-6-8-17(11-16)15-36-22-14-20-18(13-21(22)34-2)24(30)27-10-5-4-9-19(27)25(31)28(20)26(32)33/h6-8,11,13-14,19,25,31H,3-5,9-10,12,15H2,1-2H3,(H,32,33)/t19-,25?/m0/s1. The van der Waals surface area contributed by atoms with Gasteiger partial charge in [-0.3, -0.25) is 9.59 Å². The number of aliphatic hydroxyl groups excluding tert-OH is 1. The Morgan fingerprint density at radius 1 is 1.11 bits per heavy atom. The molecule has 2 aliphatic rings. The fourth-order valence-corrected chi connectivity index (χ4v) is 4.77. The summed E-state index contributed by atoms with van der Waals surface area (Å²) in [4.78, 5) is 39.8. The molecule has 0 spiro atoms. The molecule has 2 aromatic rings. The second-order valence-electron chi connectivity index (χ2n) is 8.74. The van der Waals surface area contributed by atoms with Gasteiger partial charge in [0.2, 0.25) is 0 Å². The van der Waals surface area contributed by atoms with Crippen molar-refractivity contribution in [2.45, 2.75) is 51.5 Å². The van der Waals surface area contributed by atoms with Gasteiger partial charge >= 0.3 is 12.1 Å². The maximum Gasteiger partial charge on any atom is 0.414 e. The monoisotopic (exact) mass is 498 g/mol. The van der Waals surface area contributed by atoms with Gasteiger partial charge < -0.3 is 29.3 Å². The zero-order valence-corrected chi connectivity index (χ0v) is 20.3. The van der Waals surface area contributed by atoms with E-state index in [0.717, 1.165) is 28.9 Å². The van der Waals surface area contributed by atoms with Crippen molar-refractivity contribution < 1.29 is 38.8 Å². The molecule has 2 aromatic carbocycles. The Balaban J connectivity index is 1.65. The molecule has 0 aliphatic carbocycles. The van der Waals surface area contributed by atoms with Crippen molar-refractivity contribution in [1.82, 2.24) is 4.90 Å². The van der Waals surface area contributed by atoms with E-state index in [-0.39, 0.29) is 47.7 Å². The SMILES string of the molecule is CCOC(=O)Cc1cccc(COc2cc3c(cc2OC)C(=O)N2CCCC[C@H]2C(O)N3C(=O)O)c1. The number of benzene rings is 2. The molecule has 36 heavy (non-hydrogen) atoms.